The molecular weight excluding hydrogens is 859 g/mol. The van der Waals surface area contributed by atoms with E-state index in [1.54, 1.807) is 13.2 Å². The van der Waals surface area contributed by atoms with E-state index in [-0.39, 0.29) is 77.6 Å². The zero-order valence-electron chi connectivity index (χ0n) is 41.3. The van der Waals surface area contributed by atoms with Crippen LogP contribution in [-0.4, -0.2) is 59.5 Å². The lowest BCUT2D eigenvalue weighted by atomic mass is 9.55. The van der Waals surface area contributed by atoms with Gasteiger partial charge in [0.2, 0.25) is 0 Å². The van der Waals surface area contributed by atoms with Crippen LogP contribution < -0.4 is 15.8 Å². The number of phenols is 2. The highest BCUT2D eigenvalue weighted by Gasteiger charge is 2.50. The first-order valence-corrected chi connectivity index (χ1v) is 26.7. The molecule has 1 heterocycles. The highest BCUT2D eigenvalue weighted by Crippen LogP contribution is 2.60. The van der Waals surface area contributed by atoms with Crippen LogP contribution in [0.15, 0.2) is 70.8 Å². The fourth-order valence-corrected chi connectivity index (χ4v) is 14.5. The number of nitrogens with two attached hydrogens (primary N) is 1. The van der Waals surface area contributed by atoms with Crippen LogP contribution in [0, 0.1) is 41.4 Å². The molecule has 1 spiro atoms. The van der Waals surface area contributed by atoms with Crippen molar-refractivity contribution in [2.24, 2.45) is 40.3 Å². The summed E-state index contributed by atoms with van der Waals surface area (Å²) in [4.78, 5) is 19.2. The number of ether oxygens (including phenoxy) is 2. The number of hydrogen-bond acceptors (Lipinski definition) is 9. The Labute approximate surface area is 410 Å². The van der Waals surface area contributed by atoms with Gasteiger partial charge in [0.1, 0.15) is 5.75 Å². The van der Waals surface area contributed by atoms with Gasteiger partial charge >= 0.3 is 0 Å². The van der Waals surface area contributed by atoms with Gasteiger partial charge in [0, 0.05) is 42.9 Å². The van der Waals surface area contributed by atoms with Gasteiger partial charge in [-0.1, -0.05) is 80.9 Å². The van der Waals surface area contributed by atoms with Gasteiger partial charge in [-0.15, -0.1) is 0 Å². The third kappa shape index (κ3) is 9.62. The maximum absolute atomic E-state index is 13.7. The van der Waals surface area contributed by atoms with Crippen LogP contribution in [-0.2, 0) is 34.3 Å². The number of carbonyl (C=O) groups is 1. The Hall–Kier alpha value is -5.04. The van der Waals surface area contributed by atoms with Gasteiger partial charge < -0.3 is 35.8 Å². The molecule has 10 rings (SSSR count). The standard InChI is InChI=1S/C60H75N3O6/c1-4-10-38(34-64)27-46(65)21-19-41-33-55(69-48-13-5-6-14-48)58(67)57-49(41)15-9-12-45-30-43-32-51-50(23-36(2)24-52(51)56(57)53(43)35-68-3)42-26-39(28-47(66)31-42)25-37-16-17-40-18-20-44-11-7-8-22-60(44,54(40)29-37)63-59(61)62-45/h16-17,26-29,31-33,36,43-45,48,50,52-53,56,64,66-67H,4-8,10-14,18-25,30,34-35H2,1-3H3,(H3,61,62,63)/b38-27-/t36-,43+,44-,45+,50+,52+,53+,56+,60-/m1/s1. The van der Waals surface area contributed by atoms with Crippen LogP contribution in [0.2, 0.25) is 0 Å². The van der Waals surface area contributed by atoms with Crippen LogP contribution in [0.1, 0.15) is 173 Å². The molecule has 3 aromatic carbocycles. The molecule has 366 valence electrons. The predicted molar refractivity (Wildman–Crippen MR) is 273 cm³/mol. The first-order valence-electron chi connectivity index (χ1n) is 26.7. The third-order valence-corrected chi connectivity index (χ3v) is 17.5. The van der Waals surface area contributed by atoms with Crippen LogP contribution in [0.25, 0.3) is 0 Å². The van der Waals surface area contributed by atoms with Crippen molar-refractivity contribution in [2.45, 2.75) is 165 Å². The molecule has 0 unspecified atom stereocenters. The van der Waals surface area contributed by atoms with Gasteiger partial charge in [-0.05, 0) is 183 Å². The molecule has 3 aromatic rings. The number of aromatic hydroxyl groups is 2. The van der Waals surface area contributed by atoms with Gasteiger partial charge in [-0.3, -0.25) is 4.79 Å². The molecule has 8 bridgehead atoms. The average molecular weight is 934 g/mol. The molecule has 0 aromatic heterocycles. The number of nitrogens with zero attached hydrogens (tertiary/aromatic N) is 1. The quantitative estimate of drug-likeness (QED) is 0.0726. The summed E-state index contributed by atoms with van der Waals surface area (Å²) in [6.45, 7) is 4.74. The average Bonchev–Trinajstić information content (AvgIpc) is 3.85. The summed E-state index contributed by atoms with van der Waals surface area (Å²) >= 11 is 0. The van der Waals surface area contributed by atoms with E-state index in [2.05, 4.69) is 61.3 Å². The van der Waals surface area contributed by atoms with E-state index in [1.807, 2.05) is 18.2 Å². The van der Waals surface area contributed by atoms with Crippen molar-refractivity contribution in [1.29, 1.82) is 0 Å². The van der Waals surface area contributed by atoms with E-state index in [0.29, 0.717) is 62.3 Å². The number of ketones is 1. The summed E-state index contributed by atoms with van der Waals surface area (Å²) in [5, 5.41) is 38.6. The molecule has 0 amide bonds. The maximum Gasteiger partial charge on any atom is 0.189 e. The normalized spacial score (nSPS) is 29.6. The number of aliphatic hydroxyl groups excluding tert-OH is 1. The Balaban J connectivity index is 1.19. The van der Waals surface area contributed by atoms with Gasteiger partial charge in [0.05, 0.1) is 30.9 Å². The molecule has 9 heteroatoms. The van der Waals surface area contributed by atoms with Gasteiger partial charge in [0.15, 0.2) is 23.2 Å². The Morgan fingerprint density at radius 3 is 2.65 bits per heavy atom. The first-order chi connectivity index (χ1) is 33.5. The zero-order valence-corrected chi connectivity index (χ0v) is 41.3. The highest BCUT2D eigenvalue weighted by atomic mass is 16.5. The molecule has 9 atom stereocenters. The fourth-order valence-electron chi connectivity index (χ4n) is 14.5. The number of guanidine groups is 1. The smallest absolute Gasteiger partial charge is 0.189 e. The van der Waals surface area contributed by atoms with E-state index in [9.17, 15) is 20.1 Å². The van der Waals surface area contributed by atoms with Crippen LogP contribution in [0.3, 0.4) is 0 Å². The van der Waals surface area contributed by atoms with Crippen molar-refractivity contribution in [3.05, 3.63) is 110 Å². The summed E-state index contributed by atoms with van der Waals surface area (Å²) in [6.07, 6.45) is 20.7. The third-order valence-electron chi connectivity index (χ3n) is 17.5. The lowest BCUT2D eigenvalue weighted by molar-refractivity contribution is -0.114. The summed E-state index contributed by atoms with van der Waals surface area (Å²) in [5.41, 5.74) is 17.7. The van der Waals surface area contributed by atoms with E-state index in [1.165, 1.54) is 28.7 Å². The number of allylic oxidation sites excluding steroid dienone is 3. The van der Waals surface area contributed by atoms with Crippen molar-refractivity contribution in [3.63, 3.8) is 0 Å². The molecule has 3 fully saturated rings. The predicted octanol–water partition coefficient (Wildman–Crippen LogP) is 10.7. The minimum absolute atomic E-state index is 0.000180. The number of nitrogens with one attached hydrogen (secondary N) is 1. The number of aliphatic imine (C=N–C) groups is 1. The number of rotatable bonds is 11. The topological polar surface area (TPSA) is 147 Å². The summed E-state index contributed by atoms with van der Waals surface area (Å²) in [6, 6.07) is 15.1. The van der Waals surface area contributed by atoms with E-state index in [0.717, 1.165) is 110 Å². The number of hydrogen-bond donors (Lipinski definition) is 5. The molecule has 6 N–H and O–H groups in total. The molecule has 0 saturated heterocycles. The second-order valence-electron chi connectivity index (χ2n) is 22.2. The van der Waals surface area contributed by atoms with Crippen molar-refractivity contribution >= 4 is 11.7 Å². The Kier molecular flexibility index (Phi) is 14.1. The number of methoxy groups -OCH3 is 1. The minimum atomic E-state index is -0.325. The van der Waals surface area contributed by atoms with E-state index >= 15 is 0 Å². The van der Waals surface area contributed by atoms with Gasteiger partial charge in [0.25, 0.3) is 0 Å². The molecule has 0 radical (unpaired) electrons. The Morgan fingerprint density at radius 1 is 1.00 bits per heavy atom. The number of phenolic OH excluding ortho intramolecular Hbond substituents is 2. The number of aliphatic hydroxyl groups is 1. The van der Waals surface area contributed by atoms with Crippen LogP contribution in [0.5, 0.6) is 17.2 Å². The molecule has 6 aliphatic carbocycles. The van der Waals surface area contributed by atoms with Crippen LogP contribution >= 0.6 is 0 Å². The molecule has 3 saturated carbocycles. The SMILES string of the molecule is CCC/C(=C/C(=O)CCc1cc(OC2CCCC2)c(O)c2c1C#CC[C@H]1C[C@H]3C=C4[C@@H](C[C@@H](C)C[C@@H]4[C@H]2[C@H]3COC)c2cc(O)cc(c2)Cc2ccc3c(c2)[C@]2(CCCC[C@@H]2CC3)NC(N)=N1)CO. The number of benzene rings is 3. The molecule has 69 heavy (non-hydrogen) atoms. The summed E-state index contributed by atoms with van der Waals surface area (Å²) in [7, 11) is 1.79. The van der Waals surface area contributed by atoms with Crippen LogP contribution in [0.4, 0.5) is 0 Å². The monoisotopic (exact) mass is 934 g/mol. The summed E-state index contributed by atoms with van der Waals surface area (Å²) in [5.74, 6) is 9.27. The van der Waals surface area contributed by atoms with Crippen molar-refractivity contribution in [2.75, 3.05) is 20.3 Å². The maximum atomic E-state index is 13.7. The fraction of sp³-hybridized carbons (Fsp3) is 0.567. The van der Waals surface area contributed by atoms with Crippen molar-refractivity contribution in [1.82, 2.24) is 5.32 Å². The molecule has 1 aliphatic heterocycles. The molecular formula is C60H75N3O6. The molecule has 7 aliphatic rings. The van der Waals surface area contributed by atoms with Crippen molar-refractivity contribution < 1.29 is 29.6 Å². The zero-order chi connectivity index (χ0) is 47.8. The number of fused-ring (bicyclic) bond motifs is 9. The Morgan fingerprint density at radius 2 is 1.84 bits per heavy atom. The lowest BCUT2D eigenvalue weighted by Crippen LogP contribution is -2.57. The van der Waals surface area contributed by atoms with Gasteiger partial charge in [-0.2, -0.15) is 0 Å². The summed E-state index contributed by atoms with van der Waals surface area (Å²) < 4.78 is 13.1. The molecule has 9 nitrogen and oxygen atoms in total. The minimum Gasteiger partial charge on any atom is -0.508 e. The van der Waals surface area contributed by atoms with E-state index < -0.39 is 0 Å². The number of aryl methyl sites for hydroxylation is 2. The Bertz CT molecular complexity index is 2580. The second-order valence-corrected chi connectivity index (χ2v) is 22.2. The lowest BCUT2D eigenvalue weighted by Gasteiger charge is -2.50. The number of carbonyl (C=O) groups excluding carboxylic acids is 1. The van der Waals surface area contributed by atoms with Gasteiger partial charge in [-0.25, -0.2) is 4.99 Å². The highest BCUT2D eigenvalue weighted by molar-refractivity contribution is 5.90. The van der Waals surface area contributed by atoms with Crippen molar-refractivity contribution in [3.8, 4) is 29.1 Å². The van der Waals surface area contributed by atoms with E-state index in [4.69, 9.17) is 20.2 Å². The second kappa shape index (κ2) is 20.4. The largest absolute Gasteiger partial charge is 0.508 e. The first kappa shape index (κ1) is 47.6.